The minimum absolute atomic E-state index is 0.0610. The minimum atomic E-state index is -1.24. The number of aliphatic hydroxyl groups is 1. The molecular weight excluding hydrogens is 248 g/mol. The second-order valence-corrected chi connectivity index (χ2v) is 4.87. The van der Waals surface area contributed by atoms with Crippen LogP contribution in [0.3, 0.4) is 0 Å². The van der Waals surface area contributed by atoms with Crippen molar-refractivity contribution in [3.05, 3.63) is 23.7 Å². The minimum Gasteiger partial charge on any atom is -0.463 e. The molecule has 0 bridgehead atoms. The van der Waals surface area contributed by atoms with Crippen molar-refractivity contribution in [2.75, 3.05) is 20.3 Å². The molecule has 1 rings (SSSR count). The Morgan fingerprint density at radius 3 is 2.79 bits per heavy atom. The number of nitrogens with one attached hydrogen (secondary N) is 2. The van der Waals surface area contributed by atoms with Gasteiger partial charge in [0.1, 0.15) is 17.1 Å². The predicted molar refractivity (Wildman–Crippen MR) is 70.9 cm³/mol. The van der Waals surface area contributed by atoms with Crippen LogP contribution in [-0.4, -0.2) is 37.4 Å². The van der Waals surface area contributed by atoms with Crippen molar-refractivity contribution < 1.29 is 19.1 Å². The maximum absolute atomic E-state index is 11.6. The standard InChI is InChI=1S/C13H22N2O4/c1-9(7-18-4)15-12(16)14-8-13(3,17)11-6-5-10(2)19-11/h5-6,9,17H,7-8H2,1-4H3,(H2,14,15,16). The molecule has 6 heteroatoms. The average molecular weight is 270 g/mol. The van der Waals surface area contributed by atoms with E-state index in [1.54, 1.807) is 33.1 Å². The van der Waals surface area contributed by atoms with E-state index in [1.165, 1.54) is 0 Å². The third-order valence-electron chi connectivity index (χ3n) is 2.66. The van der Waals surface area contributed by atoms with Crippen molar-refractivity contribution in [3.8, 4) is 0 Å². The Morgan fingerprint density at radius 1 is 1.58 bits per heavy atom. The number of carbonyl (C=O) groups is 1. The molecule has 1 heterocycles. The molecule has 0 aliphatic carbocycles. The van der Waals surface area contributed by atoms with Crippen LogP contribution in [0.25, 0.3) is 0 Å². The molecule has 0 saturated heterocycles. The zero-order valence-corrected chi connectivity index (χ0v) is 11.8. The largest absolute Gasteiger partial charge is 0.463 e. The molecule has 0 aromatic carbocycles. The fourth-order valence-electron chi connectivity index (χ4n) is 1.63. The van der Waals surface area contributed by atoms with Crippen molar-refractivity contribution in [1.82, 2.24) is 10.6 Å². The van der Waals surface area contributed by atoms with Gasteiger partial charge in [-0.3, -0.25) is 0 Å². The van der Waals surface area contributed by atoms with E-state index < -0.39 is 5.60 Å². The van der Waals surface area contributed by atoms with Gasteiger partial charge in [0.15, 0.2) is 0 Å². The van der Waals surface area contributed by atoms with Crippen LogP contribution in [0.5, 0.6) is 0 Å². The van der Waals surface area contributed by atoms with E-state index in [2.05, 4.69) is 10.6 Å². The number of ether oxygens (including phenoxy) is 1. The van der Waals surface area contributed by atoms with Gasteiger partial charge in [0.05, 0.1) is 19.2 Å². The number of furan rings is 1. The summed E-state index contributed by atoms with van der Waals surface area (Å²) < 4.78 is 10.3. The van der Waals surface area contributed by atoms with E-state index >= 15 is 0 Å². The first-order chi connectivity index (χ1) is 8.85. The maximum Gasteiger partial charge on any atom is 0.315 e. The summed E-state index contributed by atoms with van der Waals surface area (Å²) in [4.78, 5) is 11.6. The van der Waals surface area contributed by atoms with Crippen LogP contribution in [0.1, 0.15) is 25.4 Å². The Hall–Kier alpha value is -1.53. The summed E-state index contributed by atoms with van der Waals surface area (Å²) in [7, 11) is 1.57. The number of methoxy groups -OCH3 is 1. The quantitative estimate of drug-likeness (QED) is 0.723. The molecule has 2 unspecified atom stereocenters. The molecule has 108 valence electrons. The molecule has 0 radical (unpaired) electrons. The highest BCUT2D eigenvalue weighted by molar-refractivity contribution is 5.74. The number of hydrogen-bond donors (Lipinski definition) is 3. The normalized spacial score (nSPS) is 15.6. The molecule has 6 nitrogen and oxygen atoms in total. The third-order valence-corrected chi connectivity index (χ3v) is 2.66. The number of amides is 2. The smallest absolute Gasteiger partial charge is 0.315 e. The maximum atomic E-state index is 11.6. The topological polar surface area (TPSA) is 83.7 Å². The lowest BCUT2D eigenvalue weighted by molar-refractivity contribution is 0.0358. The van der Waals surface area contributed by atoms with E-state index in [0.717, 1.165) is 0 Å². The van der Waals surface area contributed by atoms with E-state index in [9.17, 15) is 9.90 Å². The summed E-state index contributed by atoms with van der Waals surface area (Å²) in [5.74, 6) is 1.14. The van der Waals surface area contributed by atoms with Gasteiger partial charge in [-0.25, -0.2) is 4.79 Å². The van der Waals surface area contributed by atoms with E-state index in [1.807, 2.05) is 6.92 Å². The molecule has 0 aliphatic rings. The summed E-state index contributed by atoms with van der Waals surface area (Å²) in [5.41, 5.74) is -1.24. The second kappa shape index (κ2) is 6.58. The number of hydrogen-bond acceptors (Lipinski definition) is 4. The van der Waals surface area contributed by atoms with Gasteiger partial charge in [-0.05, 0) is 32.9 Å². The summed E-state index contributed by atoms with van der Waals surface area (Å²) in [6, 6.07) is 3.02. The van der Waals surface area contributed by atoms with Gasteiger partial charge >= 0.3 is 6.03 Å². The molecule has 3 N–H and O–H groups in total. The molecule has 0 fully saturated rings. The summed E-state index contributed by atoms with van der Waals surface area (Å²) in [6.07, 6.45) is 0. The molecule has 0 aliphatic heterocycles. The third kappa shape index (κ3) is 4.92. The van der Waals surface area contributed by atoms with Crippen LogP contribution in [0, 0.1) is 6.92 Å². The molecular formula is C13H22N2O4. The zero-order valence-electron chi connectivity index (χ0n) is 11.8. The van der Waals surface area contributed by atoms with Crippen LogP contribution in [0.15, 0.2) is 16.5 Å². The fourth-order valence-corrected chi connectivity index (χ4v) is 1.63. The number of aryl methyl sites for hydroxylation is 1. The SMILES string of the molecule is COCC(C)NC(=O)NCC(C)(O)c1ccc(C)o1. The molecule has 19 heavy (non-hydrogen) atoms. The summed E-state index contributed by atoms with van der Waals surface area (Å²) in [6.45, 7) is 5.71. The van der Waals surface area contributed by atoms with Crippen LogP contribution in [-0.2, 0) is 10.3 Å². The predicted octanol–water partition coefficient (Wildman–Crippen LogP) is 1.13. The lowest BCUT2D eigenvalue weighted by Gasteiger charge is -2.22. The van der Waals surface area contributed by atoms with Crippen LogP contribution < -0.4 is 10.6 Å². The fraction of sp³-hybridized carbons (Fsp3) is 0.615. The van der Waals surface area contributed by atoms with Gasteiger partial charge < -0.3 is 24.9 Å². The van der Waals surface area contributed by atoms with E-state index in [-0.39, 0.29) is 18.6 Å². The Morgan fingerprint density at radius 2 is 2.26 bits per heavy atom. The molecule has 1 aromatic rings. The van der Waals surface area contributed by atoms with Crippen molar-refractivity contribution in [2.24, 2.45) is 0 Å². The lowest BCUT2D eigenvalue weighted by atomic mass is 10.0. The van der Waals surface area contributed by atoms with Crippen LogP contribution >= 0.6 is 0 Å². The van der Waals surface area contributed by atoms with Crippen LogP contribution in [0.4, 0.5) is 4.79 Å². The Balaban J connectivity index is 2.45. The monoisotopic (exact) mass is 270 g/mol. The van der Waals surface area contributed by atoms with Gasteiger partial charge in [-0.15, -0.1) is 0 Å². The number of carbonyl (C=O) groups excluding carboxylic acids is 1. The highest BCUT2D eigenvalue weighted by Gasteiger charge is 2.27. The van der Waals surface area contributed by atoms with E-state index in [4.69, 9.17) is 9.15 Å². The molecule has 1 aromatic heterocycles. The first-order valence-electron chi connectivity index (χ1n) is 6.17. The van der Waals surface area contributed by atoms with Gasteiger partial charge in [0.2, 0.25) is 0 Å². The zero-order chi connectivity index (χ0) is 14.5. The Kier molecular flexibility index (Phi) is 5.38. The number of rotatable bonds is 6. The molecule has 2 atom stereocenters. The Labute approximate surface area is 113 Å². The van der Waals surface area contributed by atoms with Crippen molar-refractivity contribution >= 4 is 6.03 Å². The second-order valence-electron chi connectivity index (χ2n) is 4.87. The van der Waals surface area contributed by atoms with Crippen molar-refractivity contribution in [3.63, 3.8) is 0 Å². The summed E-state index contributed by atoms with van der Waals surface area (Å²) >= 11 is 0. The molecule has 0 saturated carbocycles. The van der Waals surface area contributed by atoms with Crippen molar-refractivity contribution in [1.29, 1.82) is 0 Å². The highest BCUT2D eigenvalue weighted by atomic mass is 16.5. The summed E-state index contributed by atoms with van der Waals surface area (Å²) in [5, 5.41) is 15.5. The Bertz CT molecular complexity index is 415. The van der Waals surface area contributed by atoms with Crippen molar-refractivity contribution in [2.45, 2.75) is 32.4 Å². The average Bonchev–Trinajstić information content (AvgIpc) is 2.74. The molecule has 2 amide bonds. The van der Waals surface area contributed by atoms with Gasteiger partial charge in [0.25, 0.3) is 0 Å². The van der Waals surface area contributed by atoms with Crippen LogP contribution in [0.2, 0.25) is 0 Å². The highest BCUT2D eigenvalue weighted by Crippen LogP contribution is 2.21. The van der Waals surface area contributed by atoms with E-state index in [0.29, 0.717) is 18.1 Å². The number of urea groups is 1. The van der Waals surface area contributed by atoms with Gasteiger partial charge in [-0.1, -0.05) is 0 Å². The lowest BCUT2D eigenvalue weighted by Crippen LogP contribution is -2.47. The first-order valence-corrected chi connectivity index (χ1v) is 6.17. The molecule has 0 spiro atoms. The first kappa shape index (κ1) is 15.5. The van der Waals surface area contributed by atoms with Gasteiger partial charge in [-0.2, -0.15) is 0 Å². The van der Waals surface area contributed by atoms with Gasteiger partial charge in [0, 0.05) is 7.11 Å².